The average Bonchev–Trinajstić information content (AvgIpc) is 2.39. The van der Waals surface area contributed by atoms with E-state index < -0.39 is 0 Å². The molecule has 1 unspecified atom stereocenters. The molecule has 1 aliphatic rings. The Labute approximate surface area is 94.6 Å². The zero-order valence-corrected chi connectivity index (χ0v) is 10.8. The van der Waals surface area contributed by atoms with Crippen LogP contribution in [-0.4, -0.2) is 21.3 Å². The Morgan fingerprint density at radius 1 is 1.07 bits per heavy atom. The van der Waals surface area contributed by atoms with Crippen molar-refractivity contribution in [2.24, 2.45) is 0 Å². The lowest BCUT2D eigenvalue weighted by Gasteiger charge is -2.37. The first-order valence-corrected chi connectivity index (χ1v) is 6.41. The third kappa shape index (κ3) is 2.94. The first-order valence-electron chi connectivity index (χ1n) is 6.41. The topological polar surface area (TPSA) is 23.5 Å². The summed E-state index contributed by atoms with van der Waals surface area (Å²) in [6.45, 7) is 8.70. The maximum absolute atomic E-state index is 10.2. The van der Waals surface area contributed by atoms with Crippen LogP contribution in [0.2, 0.25) is 0 Å². The Morgan fingerprint density at radius 3 is 2.20 bits per heavy atom. The molecule has 0 spiro atoms. The highest BCUT2D eigenvalue weighted by molar-refractivity contribution is 4.98. The van der Waals surface area contributed by atoms with Gasteiger partial charge in [0.1, 0.15) is 0 Å². The summed E-state index contributed by atoms with van der Waals surface area (Å²) in [5.41, 5.74) is -0.00323. The molecule has 0 aromatic carbocycles. The van der Waals surface area contributed by atoms with Crippen LogP contribution < -0.4 is 0 Å². The van der Waals surface area contributed by atoms with E-state index in [1.54, 1.807) is 5.06 Å². The molecule has 1 saturated heterocycles. The summed E-state index contributed by atoms with van der Waals surface area (Å²) >= 11 is 0. The van der Waals surface area contributed by atoms with Crippen LogP contribution in [0.1, 0.15) is 72.6 Å². The van der Waals surface area contributed by atoms with E-state index in [9.17, 15) is 5.21 Å². The second-order valence-electron chi connectivity index (χ2n) is 5.93. The summed E-state index contributed by atoms with van der Waals surface area (Å²) in [7, 11) is 0. The van der Waals surface area contributed by atoms with Crippen molar-refractivity contribution >= 4 is 0 Å². The highest BCUT2D eigenvalue weighted by Gasteiger charge is 2.46. The normalized spacial score (nSPS) is 31.0. The third-order valence-electron chi connectivity index (χ3n) is 3.93. The Kier molecular flexibility index (Phi) is 4.19. The van der Waals surface area contributed by atoms with E-state index in [0.717, 1.165) is 19.3 Å². The van der Waals surface area contributed by atoms with E-state index in [1.165, 1.54) is 25.7 Å². The molecule has 0 radical (unpaired) electrons. The molecule has 1 atom stereocenters. The van der Waals surface area contributed by atoms with E-state index in [0.29, 0.717) is 0 Å². The Hall–Kier alpha value is -0.0800. The molecule has 2 heteroatoms. The van der Waals surface area contributed by atoms with Gasteiger partial charge in [0.15, 0.2) is 0 Å². The summed E-state index contributed by atoms with van der Waals surface area (Å²) in [6.07, 6.45) is 8.52. The molecule has 0 amide bonds. The zero-order chi connectivity index (χ0) is 11.5. The fraction of sp³-hybridized carbons (Fsp3) is 1.00. The Balaban J connectivity index is 2.40. The van der Waals surface area contributed by atoms with Crippen molar-refractivity contribution in [1.29, 1.82) is 0 Å². The second-order valence-corrected chi connectivity index (χ2v) is 5.93. The van der Waals surface area contributed by atoms with Crippen molar-refractivity contribution in [2.45, 2.75) is 83.7 Å². The van der Waals surface area contributed by atoms with Gasteiger partial charge in [-0.15, -0.1) is 0 Å². The van der Waals surface area contributed by atoms with Gasteiger partial charge in [-0.05, 0) is 40.0 Å². The molecule has 1 N–H and O–H groups in total. The van der Waals surface area contributed by atoms with Gasteiger partial charge in [-0.3, -0.25) is 0 Å². The standard InChI is InChI=1S/C13H27NO/c1-5-6-7-8-9-13(4)11-10-12(2,3)14(13)15/h15H,5-11H2,1-4H3. The summed E-state index contributed by atoms with van der Waals surface area (Å²) in [6, 6.07) is 0. The van der Waals surface area contributed by atoms with Gasteiger partial charge < -0.3 is 5.21 Å². The van der Waals surface area contributed by atoms with E-state index >= 15 is 0 Å². The first kappa shape index (κ1) is 13.0. The van der Waals surface area contributed by atoms with Crippen molar-refractivity contribution in [1.82, 2.24) is 5.06 Å². The van der Waals surface area contributed by atoms with Gasteiger partial charge in [-0.25, -0.2) is 0 Å². The van der Waals surface area contributed by atoms with Crippen molar-refractivity contribution in [3.8, 4) is 0 Å². The minimum absolute atomic E-state index is 0.0250. The predicted octanol–water partition coefficient (Wildman–Crippen LogP) is 3.98. The fourth-order valence-electron chi connectivity index (χ4n) is 2.68. The van der Waals surface area contributed by atoms with Gasteiger partial charge in [0, 0.05) is 11.1 Å². The van der Waals surface area contributed by atoms with Crippen molar-refractivity contribution < 1.29 is 5.21 Å². The molecule has 0 aromatic heterocycles. The average molecular weight is 213 g/mol. The molecule has 1 fully saturated rings. The van der Waals surface area contributed by atoms with Crippen LogP contribution in [0.3, 0.4) is 0 Å². The molecule has 0 saturated carbocycles. The molecular weight excluding hydrogens is 186 g/mol. The molecule has 90 valence electrons. The predicted molar refractivity (Wildman–Crippen MR) is 64.1 cm³/mol. The number of unbranched alkanes of at least 4 members (excludes halogenated alkanes) is 3. The van der Waals surface area contributed by atoms with E-state index in [-0.39, 0.29) is 11.1 Å². The van der Waals surface area contributed by atoms with Crippen LogP contribution in [0, 0.1) is 0 Å². The molecule has 1 heterocycles. The van der Waals surface area contributed by atoms with Crippen molar-refractivity contribution in [3.63, 3.8) is 0 Å². The van der Waals surface area contributed by atoms with Crippen LogP contribution in [0.15, 0.2) is 0 Å². The number of nitrogens with zero attached hydrogens (tertiary/aromatic N) is 1. The molecule has 1 aliphatic heterocycles. The molecule has 2 nitrogen and oxygen atoms in total. The number of rotatable bonds is 5. The maximum atomic E-state index is 10.2. The lowest BCUT2D eigenvalue weighted by molar-refractivity contribution is -0.199. The van der Waals surface area contributed by atoms with Gasteiger partial charge in [0.25, 0.3) is 0 Å². The molecular formula is C13H27NO. The number of hydroxylamine groups is 2. The van der Waals surface area contributed by atoms with Crippen LogP contribution in [0.25, 0.3) is 0 Å². The van der Waals surface area contributed by atoms with Gasteiger partial charge in [-0.2, -0.15) is 5.06 Å². The van der Waals surface area contributed by atoms with E-state index in [1.807, 2.05) is 0 Å². The quantitative estimate of drug-likeness (QED) is 0.698. The van der Waals surface area contributed by atoms with E-state index in [4.69, 9.17) is 0 Å². The summed E-state index contributed by atoms with van der Waals surface area (Å²) in [4.78, 5) is 0. The summed E-state index contributed by atoms with van der Waals surface area (Å²) in [5, 5.41) is 11.8. The maximum Gasteiger partial charge on any atom is 0.0439 e. The minimum atomic E-state index is -0.0283. The van der Waals surface area contributed by atoms with E-state index in [2.05, 4.69) is 27.7 Å². The molecule has 0 aliphatic carbocycles. The highest BCUT2D eigenvalue weighted by atomic mass is 16.5. The second kappa shape index (κ2) is 4.84. The van der Waals surface area contributed by atoms with Crippen molar-refractivity contribution in [2.75, 3.05) is 0 Å². The van der Waals surface area contributed by atoms with Crippen LogP contribution >= 0.6 is 0 Å². The lowest BCUT2D eigenvalue weighted by atomic mass is 9.92. The summed E-state index contributed by atoms with van der Waals surface area (Å²) in [5.74, 6) is 0. The number of hydrogen-bond acceptors (Lipinski definition) is 2. The lowest BCUT2D eigenvalue weighted by Crippen LogP contribution is -2.47. The molecule has 0 aromatic rings. The van der Waals surface area contributed by atoms with Gasteiger partial charge >= 0.3 is 0 Å². The SMILES string of the molecule is CCCCCCC1(C)CCC(C)(C)N1O. The van der Waals surface area contributed by atoms with Gasteiger partial charge in [-0.1, -0.05) is 32.6 Å². The largest absolute Gasteiger partial charge is 0.313 e. The van der Waals surface area contributed by atoms with Gasteiger partial charge in [0.2, 0.25) is 0 Å². The molecule has 15 heavy (non-hydrogen) atoms. The van der Waals surface area contributed by atoms with Gasteiger partial charge in [0.05, 0.1) is 0 Å². The van der Waals surface area contributed by atoms with Crippen LogP contribution in [-0.2, 0) is 0 Å². The highest BCUT2D eigenvalue weighted by Crippen LogP contribution is 2.41. The van der Waals surface area contributed by atoms with Crippen LogP contribution in [0.4, 0.5) is 0 Å². The fourth-order valence-corrected chi connectivity index (χ4v) is 2.68. The zero-order valence-electron chi connectivity index (χ0n) is 10.8. The Morgan fingerprint density at radius 2 is 1.73 bits per heavy atom. The monoisotopic (exact) mass is 213 g/mol. The summed E-state index contributed by atoms with van der Waals surface area (Å²) < 4.78 is 0. The first-order chi connectivity index (χ1) is 6.92. The van der Waals surface area contributed by atoms with Crippen molar-refractivity contribution in [3.05, 3.63) is 0 Å². The smallest absolute Gasteiger partial charge is 0.0439 e. The van der Waals surface area contributed by atoms with Crippen LogP contribution in [0.5, 0.6) is 0 Å². The third-order valence-corrected chi connectivity index (χ3v) is 3.93. The minimum Gasteiger partial charge on any atom is -0.313 e. The number of hydrogen-bond donors (Lipinski definition) is 1. The molecule has 1 rings (SSSR count). The molecule has 0 bridgehead atoms. The Bertz CT molecular complexity index is 203.